The number of aromatic nitrogens is 1. The molecule has 2 fully saturated rings. The summed E-state index contributed by atoms with van der Waals surface area (Å²) >= 11 is 0. The molecule has 0 aliphatic carbocycles. The SMILES string of the molecule is Cc1ccc(S(=O)(=O)N2CCCC2c2ccc(N3CCCCCC3)nc2)cc1. The summed E-state index contributed by atoms with van der Waals surface area (Å²) in [6.07, 6.45) is 8.63. The zero-order chi connectivity index (χ0) is 19.6. The molecule has 4 rings (SSSR count). The van der Waals surface area contributed by atoms with Crippen LogP contribution in [0.2, 0.25) is 0 Å². The number of pyridine rings is 1. The molecule has 0 radical (unpaired) electrons. The molecule has 1 unspecified atom stereocenters. The summed E-state index contributed by atoms with van der Waals surface area (Å²) in [6.45, 7) is 4.65. The van der Waals surface area contributed by atoms with E-state index in [0.29, 0.717) is 11.4 Å². The molecule has 2 aliphatic heterocycles. The fourth-order valence-electron chi connectivity index (χ4n) is 4.29. The molecule has 1 aromatic carbocycles. The predicted molar refractivity (Wildman–Crippen MR) is 112 cm³/mol. The van der Waals surface area contributed by atoms with Crippen LogP contribution in [0, 0.1) is 6.92 Å². The second-order valence-electron chi connectivity index (χ2n) is 7.94. The van der Waals surface area contributed by atoms with Gasteiger partial charge in [-0.25, -0.2) is 13.4 Å². The fraction of sp³-hybridized carbons (Fsp3) is 0.500. The second kappa shape index (κ2) is 8.21. The molecule has 0 bridgehead atoms. The average molecular weight is 400 g/mol. The molecule has 2 aliphatic rings. The first-order valence-electron chi connectivity index (χ1n) is 10.3. The number of anilines is 1. The molecule has 3 heterocycles. The van der Waals surface area contributed by atoms with Crippen LogP contribution in [-0.2, 0) is 10.0 Å². The van der Waals surface area contributed by atoms with E-state index in [1.165, 1.54) is 25.7 Å². The minimum absolute atomic E-state index is 0.128. The zero-order valence-electron chi connectivity index (χ0n) is 16.5. The lowest BCUT2D eigenvalue weighted by atomic mass is 10.1. The van der Waals surface area contributed by atoms with E-state index in [0.717, 1.165) is 42.9 Å². The van der Waals surface area contributed by atoms with Gasteiger partial charge in [0.1, 0.15) is 5.82 Å². The van der Waals surface area contributed by atoms with E-state index in [2.05, 4.69) is 17.0 Å². The van der Waals surface area contributed by atoms with Gasteiger partial charge in [-0.2, -0.15) is 4.31 Å². The Labute approximate surface area is 168 Å². The van der Waals surface area contributed by atoms with Gasteiger partial charge in [-0.1, -0.05) is 36.6 Å². The third-order valence-corrected chi connectivity index (χ3v) is 7.84. The molecule has 0 amide bonds. The highest BCUT2D eigenvalue weighted by Gasteiger charge is 2.36. The van der Waals surface area contributed by atoms with Crippen molar-refractivity contribution in [1.29, 1.82) is 0 Å². The van der Waals surface area contributed by atoms with Crippen molar-refractivity contribution in [3.63, 3.8) is 0 Å². The van der Waals surface area contributed by atoms with Crippen molar-refractivity contribution in [2.45, 2.75) is 56.4 Å². The van der Waals surface area contributed by atoms with Crippen molar-refractivity contribution in [1.82, 2.24) is 9.29 Å². The van der Waals surface area contributed by atoms with E-state index in [4.69, 9.17) is 4.98 Å². The van der Waals surface area contributed by atoms with Crippen LogP contribution in [0.5, 0.6) is 0 Å². The lowest BCUT2D eigenvalue weighted by Gasteiger charge is -2.25. The fourth-order valence-corrected chi connectivity index (χ4v) is 5.97. The maximum atomic E-state index is 13.2. The Kier molecular flexibility index (Phi) is 5.69. The summed E-state index contributed by atoms with van der Waals surface area (Å²) in [5.41, 5.74) is 2.05. The molecule has 0 spiro atoms. The monoisotopic (exact) mass is 399 g/mol. The standard InChI is InChI=1S/C22H29N3O2S/c1-18-8-11-20(12-9-18)28(26,27)25-16-6-7-21(25)19-10-13-22(23-17-19)24-14-4-2-3-5-15-24/h8-13,17,21H,2-7,14-16H2,1H3. The van der Waals surface area contributed by atoms with Gasteiger partial charge in [0.05, 0.1) is 10.9 Å². The topological polar surface area (TPSA) is 53.5 Å². The van der Waals surface area contributed by atoms with Gasteiger partial charge in [0.2, 0.25) is 10.0 Å². The summed E-state index contributed by atoms with van der Waals surface area (Å²) in [5, 5.41) is 0. The smallest absolute Gasteiger partial charge is 0.243 e. The van der Waals surface area contributed by atoms with Gasteiger partial charge in [0, 0.05) is 25.8 Å². The molecule has 1 atom stereocenters. The number of nitrogens with zero attached hydrogens (tertiary/aromatic N) is 3. The Morgan fingerprint density at radius 3 is 2.25 bits per heavy atom. The summed E-state index contributed by atoms with van der Waals surface area (Å²) in [6, 6.07) is 11.1. The molecule has 6 heteroatoms. The molecule has 0 N–H and O–H groups in total. The van der Waals surface area contributed by atoms with Crippen LogP contribution < -0.4 is 4.90 Å². The van der Waals surface area contributed by atoms with Gasteiger partial charge in [-0.3, -0.25) is 0 Å². The maximum Gasteiger partial charge on any atom is 0.243 e. The number of sulfonamides is 1. The van der Waals surface area contributed by atoms with Crippen molar-refractivity contribution >= 4 is 15.8 Å². The molecular weight excluding hydrogens is 370 g/mol. The van der Waals surface area contributed by atoms with E-state index in [9.17, 15) is 8.42 Å². The maximum absolute atomic E-state index is 13.2. The van der Waals surface area contributed by atoms with E-state index < -0.39 is 10.0 Å². The number of hydrogen-bond donors (Lipinski definition) is 0. The molecule has 5 nitrogen and oxygen atoms in total. The number of benzene rings is 1. The Bertz CT molecular complexity index is 886. The van der Waals surface area contributed by atoms with Crippen LogP contribution in [0.3, 0.4) is 0 Å². The van der Waals surface area contributed by atoms with Gasteiger partial charge in [0.15, 0.2) is 0 Å². The number of hydrogen-bond acceptors (Lipinski definition) is 4. The first kappa shape index (κ1) is 19.4. The molecule has 28 heavy (non-hydrogen) atoms. The van der Waals surface area contributed by atoms with Crippen molar-refractivity contribution in [3.8, 4) is 0 Å². The first-order chi connectivity index (χ1) is 13.6. The highest BCUT2D eigenvalue weighted by Crippen LogP contribution is 2.36. The van der Waals surface area contributed by atoms with Crippen LogP contribution in [0.15, 0.2) is 47.5 Å². The Morgan fingerprint density at radius 2 is 1.61 bits per heavy atom. The van der Waals surface area contributed by atoms with Gasteiger partial charge in [-0.05, 0) is 56.4 Å². The normalized spacial score (nSPS) is 21.6. The van der Waals surface area contributed by atoms with Gasteiger partial charge < -0.3 is 4.90 Å². The summed E-state index contributed by atoms with van der Waals surface area (Å²) in [4.78, 5) is 7.42. The largest absolute Gasteiger partial charge is 0.357 e. The summed E-state index contributed by atoms with van der Waals surface area (Å²) in [5.74, 6) is 1.01. The second-order valence-corrected chi connectivity index (χ2v) is 9.83. The molecule has 0 saturated carbocycles. The van der Waals surface area contributed by atoms with Crippen LogP contribution in [-0.4, -0.2) is 37.3 Å². The van der Waals surface area contributed by atoms with E-state index in [-0.39, 0.29) is 6.04 Å². The molecule has 2 saturated heterocycles. The number of aryl methyl sites for hydroxylation is 1. The minimum atomic E-state index is -3.49. The van der Waals surface area contributed by atoms with E-state index in [1.54, 1.807) is 16.4 Å². The number of rotatable bonds is 4. The third kappa shape index (κ3) is 3.94. The van der Waals surface area contributed by atoms with Crippen molar-refractivity contribution < 1.29 is 8.42 Å². The van der Waals surface area contributed by atoms with Crippen molar-refractivity contribution in [2.75, 3.05) is 24.5 Å². The lowest BCUT2D eigenvalue weighted by molar-refractivity contribution is 0.396. The van der Waals surface area contributed by atoms with Crippen LogP contribution in [0.25, 0.3) is 0 Å². The summed E-state index contributed by atoms with van der Waals surface area (Å²) in [7, 11) is -3.49. The quantitative estimate of drug-likeness (QED) is 0.769. The molecule has 1 aromatic heterocycles. The molecule has 2 aromatic rings. The van der Waals surface area contributed by atoms with Crippen LogP contribution in [0.1, 0.15) is 55.7 Å². The van der Waals surface area contributed by atoms with Crippen LogP contribution in [0.4, 0.5) is 5.82 Å². The van der Waals surface area contributed by atoms with E-state index >= 15 is 0 Å². The van der Waals surface area contributed by atoms with Gasteiger partial charge >= 0.3 is 0 Å². The predicted octanol–water partition coefficient (Wildman–Crippen LogP) is 4.30. The molecule has 150 valence electrons. The summed E-state index contributed by atoms with van der Waals surface area (Å²) < 4.78 is 28.0. The Hall–Kier alpha value is -1.92. The highest BCUT2D eigenvalue weighted by atomic mass is 32.2. The van der Waals surface area contributed by atoms with Crippen molar-refractivity contribution in [3.05, 3.63) is 53.7 Å². The lowest BCUT2D eigenvalue weighted by Crippen LogP contribution is -2.31. The van der Waals surface area contributed by atoms with Gasteiger partial charge in [-0.15, -0.1) is 0 Å². The average Bonchev–Trinajstić information content (AvgIpc) is 3.05. The van der Waals surface area contributed by atoms with Gasteiger partial charge in [0.25, 0.3) is 0 Å². The Morgan fingerprint density at radius 1 is 0.893 bits per heavy atom. The zero-order valence-corrected chi connectivity index (χ0v) is 17.4. The molecular formula is C22H29N3O2S. The van der Waals surface area contributed by atoms with Crippen LogP contribution >= 0.6 is 0 Å². The van der Waals surface area contributed by atoms with Crippen molar-refractivity contribution in [2.24, 2.45) is 0 Å². The minimum Gasteiger partial charge on any atom is -0.357 e. The van der Waals surface area contributed by atoms with E-state index in [1.807, 2.05) is 25.3 Å². The first-order valence-corrected chi connectivity index (χ1v) is 11.8. The third-order valence-electron chi connectivity index (χ3n) is 5.92. The Balaban J connectivity index is 1.55. The highest BCUT2D eigenvalue weighted by molar-refractivity contribution is 7.89.